The number of hydrogen-bond donors (Lipinski definition) is 1. The lowest BCUT2D eigenvalue weighted by atomic mass is 10.0. The summed E-state index contributed by atoms with van der Waals surface area (Å²) >= 11 is 5.88. The number of carbonyl (C=O) groups is 1. The number of carbonyl (C=O) groups excluding carboxylic acids is 1. The number of methoxy groups -OCH3 is 1. The van der Waals surface area contributed by atoms with Gasteiger partial charge in [0.2, 0.25) is 10.0 Å². The highest BCUT2D eigenvalue weighted by Gasteiger charge is 2.29. The predicted octanol–water partition coefficient (Wildman–Crippen LogP) is 4.35. The van der Waals surface area contributed by atoms with Crippen molar-refractivity contribution in [3.05, 3.63) is 88.4 Å². The normalized spacial score (nSPS) is 14.0. The van der Waals surface area contributed by atoms with Crippen LogP contribution in [0.4, 0.5) is 5.69 Å². The molecule has 0 aromatic heterocycles. The Balaban J connectivity index is 1.62. The van der Waals surface area contributed by atoms with Gasteiger partial charge in [-0.15, -0.1) is 0 Å². The Morgan fingerprint density at radius 2 is 1.74 bits per heavy atom. The minimum Gasteiger partial charge on any atom is -0.495 e. The monoisotopic (exact) mass is 456 g/mol. The van der Waals surface area contributed by atoms with E-state index < -0.39 is 15.9 Å². The summed E-state index contributed by atoms with van der Waals surface area (Å²) in [4.78, 5) is 12.7. The molecule has 1 aliphatic rings. The first-order valence-corrected chi connectivity index (χ1v) is 11.5. The lowest BCUT2D eigenvalue weighted by molar-refractivity contribution is 0.102. The van der Waals surface area contributed by atoms with E-state index in [0.717, 1.165) is 5.56 Å². The van der Waals surface area contributed by atoms with E-state index in [1.54, 1.807) is 30.3 Å². The van der Waals surface area contributed by atoms with Gasteiger partial charge in [-0.2, -0.15) is 4.31 Å². The smallest absolute Gasteiger partial charge is 0.255 e. The van der Waals surface area contributed by atoms with Crippen molar-refractivity contribution in [3.8, 4) is 5.75 Å². The zero-order valence-electron chi connectivity index (χ0n) is 16.8. The molecule has 0 aliphatic carbocycles. The van der Waals surface area contributed by atoms with Crippen LogP contribution < -0.4 is 10.1 Å². The number of ether oxygens (including phenoxy) is 1. The maximum absolute atomic E-state index is 13.3. The maximum Gasteiger partial charge on any atom is 0.255 e. The largest absolute Gasteiger partial charge is 0.495 e. The van der Waals surface area contributed by atoms with Gasteiger partial charge in [-0.1, -0.05) is 35.9 Å². The molecule has 3 aromatic rings. The van der Waals surface area contributed by atoms with Gasteiger partial charge < -0.3 is 10.1 Å². The Morgan fingerprint density at radius 3 is 2.45 bits per heavy atom. The highest BCUT2D eigenvalue weighted by molar-refractivity contribution is 7.89. The van der Waals surface area contributed by atoms with Crippen LogP contribution in [0.5, 0.6) is 5.75 Å². The summed E-state index contributed by atoms with van der Waals surface area (Å²) in [7, 11) is -2.29. The minimum absolute atomic E-state index is 0.0964. The number of amides is 1. The van der Waals surface area contributed by atoms with Crippen LogP contribution in [0.15, 0.2) is 71.6 Å². The topological polar surface area (TPSA) is 75.7 Å². The fourth-order valence-corrected chi connectivity index (χ4v) is 5.14. The molecule has 8 heteroatoms. The first kappa shape index (κ1) is 21.4. The fraction of sp³-hybridized carbons (Fsp3) is 0.174. The maximum atomic E-state index is 13.3. The quantitative estimate of drug-likeness (QED) is 0.619. The van der Waals surface area contributed by atoms with E-state index in [9.17, 15) is 13.2 Å². The number of anilines is 1. The molecule has 0 spiro atoms. The molecule has 1 N–H and O–H groups in total. The second-order valence-corrected chi connectivity index (χ2v) is 9.55. The lowest BCUT2D eigenvalue weighted by Gasteiger charge is -2.28. The second kappa shape index (κ2) is 8.70. The van der Waals surface area contributed by atoms with Crippen molar-refractivity contribution in [2.24, 2.45) is 0 Å². The first-order chi connectivity index (χ1) is 14.9. The van der Waals surface area contributed by atoms with Gasteiger partial charge in [0.1, 0.15) is 5.75 Å². The van der Waals surface area contributed by atoms with Crippen molar-refractivity contribution >= 4 is 33.2 Å². The van der Waals surface area contributed by atoms with Crippen LogP contribution in [0.3, 0.4) is 0 Å². The molecule has 6 nitrogen and oxygen atoms in total. The van der Waals surface area contributed by atoms with Gasteiger partial charge >= 0.3 is 0 Å². The van der Waals surface area contributed by atoms with Gasteiger partial charge in [0.25, 0.3) is 5.91 Å². The molecule has 1 amide bonds. The van der Waals surface area contributed by atoms with Crippen molar-refractivity contribution in [1.82, 2.24) is 4.31 Å². The molecule has 0 saturated carbocycles. The van der Waals surface area contributed by atoms with Gasteiger partial charge in [0, 0.05) is 23.7 Å². The first-order valence-electron chi connectivity index (χ1n) is 9.70. The van der Waals surface area contributed by atoms with Crippen LogP contribution in [0, 0.1) is 0 Å². The summed E-state index contributed by atoms with van der Waals surface area (Å²) in [5.74, 6) is -0.0262. The summed E-state index contributed by atoms with van der Waals surface area (Å²) in [6, 6.07) is 18.7. The van der Waals surface area contributed by atoms with E-state index in [2.05, 4.69) is 5.32 Å². The average molecular weight is 457 g/mol. The number of rotatable bonds is 5. The van der Waals surface area contributed by atoms with Crippen LogP contribution in [0.2, 0.25) is 5.02 Å². The summed E-state index contributed by atoms with van der Waals surface area (Å²) in [6.07, 6.45) is 0.658. The molecule has 1 aliphatic heterocycles. The van der Waals surface area contributed by atoms with E-state index in [-0.39, 0.29) is 10.6 Å². The third-order valence-corrected chi connectivity index (χ3v) is 7.35. The average Bonchev–Trinajstić information content (AvgIpc) is 2.79. The fourth-order valence-electron chi connectivity index (χ4n) is 3.57. The summed E-state index contributed by atoms with van der Waals surface area (Å²) in [5.41, 5.74) is 2.84. The number of sulfonamides is 1. The lowest BCUT2D eigenvalue weighted by Crippen LogP contribution is -2.36. The highest BCUT2D eigenvalue weighted by atomic mass is 35.5. The number of nitrogens with zero attached hydrogens (tertiary/aromatic N) is 1. The van der Waals surface area contributed by atoms with Crippen molar-refractivity contribution in [2.75, 3.05) is 19.0 Å². The Hall–Kier alpha value is -2.87. The van der Waals surface area contributed by atoms with Gasteiger partial charge in [-0.3, -0.25) is 4.79 Å². The van der Waals surface area contributed by atoms with E-state index >= 15 is 0 Å². The second-order valence-electron chi connectivity index (χ2n) is 7.18. The molecule has 0 unspecified atom stereocenters. The third-order valence-electron chi connectivity index (χ3n) is 5.26. The zero-order chi connectivity index (χ0) is 22.0. The molecule has 0 atom stereocenters. The molecule has 0 bridgehead atoms. The van der Waals surface area contributed by atoms with Crippen molar-refractivity contribution in [3.63, 3.8) is 0 Å². The SMILES string of the molecule is COc1ccc(S(=O)(=O)N2CCc3ccccc3C2)cc1NC(=O)c1ccc(Cl)cc1. The summed E-state index contributed by atoms with van der Waals surface area (Å²) in [6.45, 7) is 0.717. The molecule has 1 heterocycles. The Labute approximate surface area is 186 Å². The van der Waals surface area contributed by atoms with E-state index in [1.807, 2.05) is 24.3 Å². The Bertz CT molecular complexity index is 1230. The predicted molar refractivity (Wildman–Crippen MR) is 120 cm³/mol. The Kier molecular flexibility index (Phi) is 6.00. The number of fused-ring (bicyclic) bond motifs is 1. The van der Waals surface area contributed by atoms with Crippen LogP contribution in [0.1, 0.15) is 21.5 Å². The number of nitrogens with one attached hydrogen (secondary N) is 1. The molecule has 4 rings (SSSR count). The Morgan fingerprint density at radius 1 is 1.03 bits per heavy atom. The van der Waals surface area contributed by atoms with Crippen LogP contribution in [0.25, 0.3) is 0 Å². The highest BCUT2D eigenvalue weighted by Crippen LogP contribution is 2.31. The molecule has 3 aromatic carbocycles. The summed E-state index contributed by atoms with van der Waals surface area (Å²) < 4.78 is 33.4. The van der Waals surface area contributed by atoms with Gasteiger partial charge in [0.15, 0.2) is 0 Å². The van der Waals surface area contributed by atoms with E-state index in [1.165, 1.54) is 29.1 Å². The van der Waals surface area contributed by atoms with E-state index in [0.29, 0.717) is 35.8 Å². The minimum atomic E-state index is -3.75. The van der Waals surface area contributed by atoms with Crippen molar-refractivity contribution < 1.29 is 17.9 Å². The zero-order valence-corrected chi connectivity index (χ0v) is 18.4. The van der Waals surface area contributed by atoms with Gasteiger partial charge in [0.05, 0.1) is 17.7 Å². The third kappa shape index (κ3) is 4.44. The van der Waals surface area contributed by atoms with Crippen molar-refractivity contribution in [2.45, 2.75) is 17.9 Å². The number of hydrogen-bond acceptors (Lipinski definition) is 4. The van der Waals surface area contributed by atoms with Crippen LogP contribution in [-0.2, 0) is 23.0 Å². The molecule has 0 saturated heterocycles. The standard InChI is InChI=1S/C23H21ClN2O4S/c1-30-22-11-10-20(14-21(22)25-23(27)17-6-8-19(24)9-7-17)31(28,29)26-13-12-16-4-2-3-5-18(16)15-26/h2-11,14H,12-13,15H2,1H3,(H,25,27). The molecule has 0 fully saturated rings. The van der Waals surface area contributed by atoms with Gasteiger partial charge in [-0.05, 0) is 60.0 Å². The van der Waals surface area contributed by atoms with Crippen LogP contribution >= 0.6 is 11.6 Å². The molecule has 31 heavy (non-hydrogen) atoms. The molecular formula is C23H21ClN2O4S. The van der Waals surface area contributed by atoms with E-state index in [4.69, 9.17) is 16.3 Å². The molecule has 0 radical (unpaired) electrons. The van der Waals surface area contributed by atoms with Gasteiger partial charge in [-0.25, -0.2) is 8.42 Å². The summed E-state index contributed by atoms with van der Waals surface area (Å²) in [5, 5.41) is 3.26. The molecular weight excluding hydrogens is 436 g/mol. The molecule has 160 valence electrons. The van der Waals surface area contributed by atoms with Crippen molar-refractivity contribution in [1.29, 1.82) is 0 Å². The van der Waals surface area contributed by atoms with Crippen LogP contribution in [-0.4, -0.2) is 32.3 Å². The number of benzene rings is 3. The number of halogens is 1.